The zero-order valence-electron chi connectivity index (χ0n) is 9.75. The van der Waals surface area contributed by atoms with Gasteiger partial charge in [0.2, 0.25) is 0 Å². The van der Waals surface area contributed by atoms with Gasteiger partial charge in [0.05, 0.1) is 10.5 Å². The molecule has 0 amide bonds. The predicted octanol–water partition coefficient (Wildman–Crippen LogP) is 4.66. The van der Waals surface area contributed by atoms with E-state index in [0.717, 1.165) is 10.0 Å². The van der Waals surface area contributed by atoms with Crippen LogP contribution in [0.5, 0.6) is 0 Å². The Balaban J connectivity index is 2.53. The Bertz CT molecular complexity index is 557. The van der Waals surface area contributed by atoms with E-state index in [1.165, 1.54) is 0 Å². The lowest BCUT2D eigenvalue weighted by atomic mass is 9.98. The Morgan fingerprint density at radius 1 is 0.944 bits per heavy atom. The lowest BCUT2D eigenvalue weighted by molar-refractivity contribution is 0.570. The van der Waals surface area contributed by atoms with Gasteiger partial charge >= 0.3 is 0 Å². The molecule has 0 aliphatic carbocycles. The van der Waals surface area contributed by atoms with Crippen molar-refractivity contribution in [3.63, 3.8) is 0 Å². The van der Waals surface area contributed by atoms with Gasteiger partial charge in [0.25, 0.3) is 0 Å². The molecular formula is C14H12Br2FN. The summed E-state index contributed by atoms with van der Waals surface area (Å²) in [7, 11) is 1.82. The van der Waals surface area contributed by atoms with Crippen molar-refractivity contribution in [2.24, 2.45) is 0 Å². The molecular weight excluding hydrogens is 361 g/mol. The molecule has 4 heteroatoms. The minimum atomic E-state index is -0.229. The lowest BCUT2D eigenvalue weighted by Gasteiger charge is -2.19. The monoisotopic (exact) mass is 371 g/mol. The molecule has 2 aromatic carbocycles. The third kappa shape index (κ3) is 2.66. The molecule has 1 nitrogen and oxygen atoms in total. The molecule has 0 radical (unpaired) electrons. The van der Waals surface area contributed by atoms with Crippen LogP contribution in [-0.4, -0.2) is 7.05 Å². The SMILES string of the molecule is CNC(c1ccccc1Br)c1cccc(Br)c1F. The average molecular weight is 373 g/mol. The van der Waals surface area contributed by atoms with Gasteiger partial charge in [-0.05, 0) is 40.7 Å². The number of hydrogen-bond donors (Lipinski definition) is 1. The first kappa shape index (κ1) is 13.7. The van der Waals surface area contributed by atoms with Gasteiger partial charge in [0.15, 0.2) is 0 Å². The first-order valence-corrected chi connectivity index (χ1v) is 7.09. The van der Waals surface area contributed by atoms with Crippen LogP contribution < -0.4 is 5.32 Å². The summed E-state index contributed by atoms with van der Waals surface area (Å²) in [4.78, 5) is 0. The maximum atomic E-state index is 14.2. The summed E-state index contributed by atoms with van der Waals surface area (Å²) in [5.74, 6) is -0.229. The van der Waals surface area contributed by atoms with E-state index in [-0.39, 0.29) is 11.9 Å². The molecule has 0 aromatic heterocycles. The van der Waals surface area contributed by atoms with E-state index in [1.807, 2.05) is 37.4 Å². The Kier molecular flexibility index (Phi) is 4.54. The fourth-order valence-electron chi connectivity index (χ4n) is 1.93. The van der Waals surface area contributed by atoms with Gasteiger partial charge in [-0.1, -0.05) is 46.3 Å². The van der Waals surface area contributed by atoms with Crippen molar-refractivity contribution in [2.45, 2.75) is 6.04 Å². The maximum Gasteiger partial charge on any atom is 0.142 e. The first-order chi connectivity index (χ1) is 8.65. The highest BCUT2D eigenvalue weighted by atomic mass is 79.9. The highest BCUT2D eigenvalue weighted by molar-refractivity contribution is 9.10. The largest absolute Gasteiger partial charge is 0.309 e. The second-order valence-corrected chi connectivity index (χ2v) is 5.59. The van der Waals surface area contributed by atoms with Crippen molar-refractivity contribution in [1.82, 2.24) is 5.32 Å². The van der Waals surface area contributed by atoms with Crippen LogP contribution >= 0.6 is 31.9 Å². The van der Waals surface area contributed by atoms with Crippen molar-refractivity contribution in [3.05, 3.63) is 68.4 Å². The van der Waals surface area contributed by atoms with Crippen LogP contribution in [0.15, 0.2) is 51.4 Å². The highest BCUT2D eigenvalue weighted by Gasteiger charge is 2.19. The molecule has 0 spiro atoms. The molecule has 0 bridgehead atoms. The minimum Gasteiger partial charge on any atom is -0.309 e. The van der Waals surface area contributed by atoms with Gasteiger partial charge in [0, 0.05) is 10.0 Å². The fraction of sp³-hybridized carbons (Fsp3) is 0.143. The van der Waals surface area contributed by atoms with Crippen LogP contribution in [0, 0.1) is 5.82 Å². The molecule has 0 aliphatic rings. The van der Waals surface area contributed by atoms with Crippen LogP contribution in [0.4, 0.5) is 4.39 Å². The van der Waals surface area contributed by atoms with E-state index < -0.39 is 0 Å². The third-order valence-electron chi connectivity index (χ3n) is 2.80. The van der Waals surface area contributed by atoms with Crippen LogP contribution in [0.2, 0.25) is 0 Å². The van der Waals surface area contributed by atoms with E-state index in [0.29, 0.717) is 10.0 Å². The van der Waals surface area contributed by atoms with Gasteiger partial charge in [-0.15, -0.1) is 0 Å². The van der Waals surface area contributed by atoms with Gasteiger partial charge in [0.1, 0.15) is 5.82 Å². The second kappa shape index (κ2) is 5.95. The Morgan fingerprint density at radius 3 is 2.22 bits per heavy atom. The fourth-order valence-corrected chi connectivity index (χ4v) is 2.83. The van der Waals surface area contributed by atoms with Gasteiger partial charge in [-0.3, -0.25) is 0 Å². The summed E-state index contributed by atoms with van der Waals surface area (Å²) >= 11 is 6.72. The highest BCUT2D eigenvalue weighted by Crippen LogP contribution is 2.31. The average Bonchev–Trinajstić information content (AvgIpc) is 2.37. The van der Waals surface area contributed by atoms with Crippen LogP contribution in [0.1, 0.15) is 17.2 Å². The molecule has 0 saturated carbocycles. The van der Waals surface area contributed by atoms with E-state index >= 15 is 0 Å². The molecule has 2 aromatic rings. The van der Waals surface area contributed by atoms with Crippen molar-refractivity contribution >= 4 is 31.9 Å². The van der Waals surface area contributed by atoms with Gasteiger partial charge in [-0.2, -0.15) is 0 Å². The Hall–Kier alpha value is -0.710. The first-order valence-electron chi connectivity index (χ1n) is 5.50. The zero-order chi connectivity index (χ0) is 13.1. The van der Waals surface area contributed by atoms with E-state index in [9.17, 15) is 4.39 Å². The molecule has 0 fully saturated rings. The molecule has 1 N–H and O–H groups in total. The molecule has 0 aliphatic heterocycles. The Labute approximate surface area is 123 Å². The van der Waals surface area contributed by atoms with E-state index in [2.05, 4.69) is 37.2 Å². The standard InChI is InChI=1S/C14H12Br2FN/c1-18-14(9-5-2-3-7-11(9)15)10-6-4-8-12(16)13(10)17/h2-8,14,18H,1H3. The van der Waals surface area contributed by atoms with Gasteiger partial charge < -0.3 is 5.32 Å². The summed E-state index contributed by atoms with van der Waals surface area (Å²) in [5.41, 5.74) is 1.63. The summed E-state index contributed by atoms with van der Waals surface area (Å²) < 4.78 is 15.6. The van der Waals surface area contributed by atoms with Crippen molar-refractivity contribution in [3.8, 4) is 0 Å². The lowest BCUT2D eigenvalue weighted by Crippen LogP contribution is -2.19. The zero-order valence-corrected chi connectivity index (χ0v) is 12.9. The summed E-state index contributed by atoms with van der Waals surface area (Å²) in [6.45, 7) is 0. The number of halogens is 3. The molecule has 1 unspecified atom stereocenters. The molecule has 1 atom stereocenters. The molecule has 94 valence electrons. The number of rotatable bonds is 3. The minimum absolute atomic E-state index is 0.182. The summed E-state index contributed by atoms with van der Waals surface area (Å²) in [6, 6.07) is 13.0. The smallest absolute Gasteiger partial charge is 0.142 e. The van der Waals surface area contributed by atoms with Crippen LogP contribution in [-0.2, 0) is 0 Å². The summed E-state index contributed by atoms with van der Waals surface area (Å²) in [5, 5.41) is 3.15. The van der Waals surface area contributed by atoms with E-state index in [1.54, 1.807) is 12.1 Å². The quantitative estimate of drug-likeness (QED) is 0.826. The molecule has 0 saturated heterocycles. The number of benzene rings is 2. The third-order valence-corrected chi connectivity index (χ3v) is 4.13. The molecule has 0 heterocycles. The normalized spacial score (nSPS) is 12.4. The molecule has 2 rings (SSSR count). The van der Waals surface area contributed by atoms with Crippen molar-refractivity contribution in [1.29, 1.82) is 0 Å². The van der Waals surface area contributed by atoms with E-state index in [4.69, 9.17) is 0 Å². The topological polar surface area (TPSA) is 12.0 Å². The maximum absolute atomic E-state index is 14.2. The van der Waals surface area contributed by atoms with Crippen molar-refractivity contribution in [2.75, 3.05) is 7.05 Å². The Morgan fingerprint density at radius 2 is 1.56 bits per heavy atom. The number of nitrogens with one attached hydrogen (secondary N) is 1. The van der Waals surface area contributed by atoms with Crippen molar-refractivity contribution < 1.29 is 4.39 Å². The molecule has 18 heavy (non-hydrogen) atoms. The summed E-state index contributed by atoms with van der Waals surface area (Å²) in [6.07, 6.45) is 0. The van der Waals surface area contributed by atoms with Crippen LogP contribution in [0.3, 0.4) is 0 Å². The predicted molar refractivity (Wildman–Crippen MR) is 79.1 cm³/mol. The second-order valence-electron chi connectivity index (χ2n) is 3.89. The van der Waals surface area contributed by atoms with Crippen LogP contribution in [0.25, 0.3) is 0 Å². The van der Waals surface area contributed by atoms with Gasteiger partial charge in [-0.25, -0.2) is 4.39 Å². The number of hydrogen-bond acceptors (Lipinski definition) is 1.